The van der Waals surface area contributed by atoms with E-state index in [4.69, 9.17) is 71.1 Å². The van der Waals surface area contributed by atoms with E-state index in [0.29, 0.717) is 78.6 Å². The second-order valence-electron chi connectivity index (χ2n) is 23.6. The van der Waals surface area contributed by atoms with E-state index in [1.165, 1.54) is 0 Å². The quantitative estimate of drug-likeness (QED) is 0.0825. The van der Waals surface area contributed by atoms with Crippen molar-refractivity contribution in [3.63, 3.8) is 0 Å². The maximum Gasteiger partial charge on any atom is 0.373 e. The van der Waals surface area contributed by atoms with Gasteiger partial charge in [0.2, 0.25) is 0 Å². The third kappa shape index (κ3) is 15.5. The van der Waals surface area contributed by atoms with Crippen LogP contribution in [0.25, 0.3) is 0 Å². The van der Waals surface area contributed by atoms with Crippen molar-refractivity contribution in [2.45, 2.75) is 176 Å². The monoisotopic (exact) mass is 1210 g/mol. The second kappa shape index (κ2) is 28.8. The van der Waals surface area contributed by atoms with Gasteiger partial charge in [-0.1, -0.05) is 146 Å². The molecular weight excluding hydrogens is 1130 g/mol. The van der Waals surface area contributed by atoms with Gasteiger partial charge in [0.1, 0.15) is 22.7 Å². The Morgan fingerprint density at radius 2 is 0.916 bits per heavy atom. The van der Waals surface area contributed by atoms with Crippen molar-refractivity contribution in [1.29, 1.82) is 0 Å². The van der Waals surface area contributed by atoms with Crippen LogP contribution in [0, 0.1) is 22.7 Å². The van der Waals surface area contributed by atoms with Crippen molar-refractivity contribution in [3.05, 3.63) is 138 Å². The zero-order valence-electron chi connectivity index (χ0n) is 49.3. The normalized spacial score (nSPS) is 21.2. The predicted molar refractivity (Wildman–Crippen MR) is 328 cm³/mol. The summed E-state index contributed by atoms with van der Waals surface area (Å²) in [5.41, 5.74) is 4.26. The number of carboxylic acid groups (broad SMARTS) is 1. The zero-order chi connectivity index (χ0) is 61.0. The van der Waals surface area contributed by atoms with Gasteiger partial charge >= 0.3 is 12.1 Å². The van der Waals surface area contributed by atoms with Crippen molar-refractivity contribution in [2.75, 3.05) is 13.1 Å². The highest BCUT2D eigenvalue weighted by atomic mass is 35.5. The molecular formula is C65H80Cl4N6O8. The lowest BCUT2D eigenvalue weighted by atomic mass is 9.67. The lowest BCUT2D eigenvalue weighted by Gasteiger charge is -2.48. The molecule has 2 spiro atoms. The Balaban J connectivity index is 0.000000255. The molecule has 8 rings (SSSR count). The Kier molecular flexibility index (Phi) is 23.0. The fourth-order valence-electron chi connectivity index (χ4n) is 12.4. The van der Waals surface area contributed by atoms with Gasteiger partial charge in [-0.25, -0.2) is 0 Å². The molecule has 2 fully saturated rings. The molecule has 4 aliphatic rings. The van der Waals surface area contributed by atoms with Crippen LogP contribution < -0.4 is 10.6 Å². The molecule has 3 N–H and O–H groups in total. The summed E-state index contributed by atoms with van der Waals surface area (Å²) < 4.78 is 0. The van der Waals surface area contributed by atoms with Crippen molar-refractivity contribution < 1.29 is 38.7 Å². The Hall–Kier alpha value is -5.89. The van der Waals surface area contributed by atoms with Crippen LogP contribution in [0.1, 0.15) is 207 Å². The number of carboxylic acids is 1. The zero-order valence-corrected chi connectivity index (χ0v) is 52.3. The van der Waals surface area contributed by atoms with Gasteiger partial charge in [0.25, 0.3) is 23.6 Å². The van der Waals surface area contributed by atoms with E-state index >= 15 is 0 Å². The number of aliphatic imine (C=N–C) groups is 2. The molecule has 14 nitrogen and oxygen atoms in total. The van der Waals surface area contributed by atoms with Crippen LogP contribution in [0.15, 0.2) is 94.9 Å². The van der Waals surface area contributed by atoms with E-state index in [2.05, 4.69) is 66.0 Å². The number of aliphatic carboxylic acids is 1. The van der Waals surface area contributed by atoms with Gasteiger partial charge in [-0.3, -0.25) is 34.0 Å². The minimum absolute atomic E-state index is 0.0573. The van der Waals surface area contributed by atoms with E-state index in [1.54, 1.807) is 48.5 Å². The standard InChI is InChI=1S/C32H39Cl2N3O4.C32H41Cl2N3O2.CO2/c1-5-26(20-7-9-21(10-8-20)29(40)35-16-13-27(38)39)37-30(41)28(22-17-24(33)19-25(34)18-22)36-32(37)14-11-23(12-15-32)31(3,4)6-2;1-6-17-35-29(38)22-11-9-21(10-12-22)27(7-2)37-30(39)28(23-18-25(33)20-26(34)19-23)36-32(37)15-13-24(14-16-32)31(4,5)8-3;2-1-3/h7-10,17-19,23,26H,5-6,11-16H2,1-4H3,(H,35,40)(H,38,39);9-12,18-20,24,27H,6-8,13-17H2,1-5H3,(H,35,38);/t23?,26-,32?;24?,27-,32?;/m11./s1. The highest BCUT2D eigenvalue weighted by Crippen LogP contribution is 2.52. The minimum Gasteiger partial charge on any atom is -0.481 e. The SMILES string of the molecule is CCCNC(=O)c1ccc([C@@H](CC)N2C(=O)C(c3cc(Cl)cc(Cl)c3)=NC23CCC(C(C)(C)CC)CC3)cc1.CC[C@H](c1ccc(C(=O)NCCC(=O)O)cc1)N1C(=O)C(c2cc(Cl)cc(Cl)c2)=NC12CCC(C(C)(C)CC)CC2.O=C=O. The summed E-state index contributed by atoms with van der Waals surface area (Å²) in [5, 5.41) is 16.3. The van der Waals surface area contributed by atoms with Crippen LogP contribution in [-0.2, 0) is 24.0 Å². The number of amides is 4. The summed E-state index contributed by atoms with van der Waals surface area (Å²) in [7, 11) is 0. The molecule has 2 saturated carbocycles. The molecule has 446 valence electrons. The average molecular weight is 1220 g/mol. The molecule has 0 saturated heterocycles. The van der Waals surface area contributed by atoms with Crippen LogP contribution in [0.5, 0.6) is 0 Å². The van der Waals surface area contributed by atoms with Crippen LogP contribution in [0.2, 0.25) is 20.1 Å². The summed E-state index contributed by atoms with van der Waals surface area (Å²) in [6, 6.07) is 24.8. The summed E-state index contributed by atoms with van der Waals surface area (Å²) in [5.74, 6) is -0.466. The number of nitrogens with one attached hydrogen (secondary N) is 2. The number of nitrogens with zero attached hydrogens (tertiary/aromatic N) is 4. The average Bonchev–Trinajstić information content (AvgIpc) is 1.98. The molecule has 0 unspecified atom stereocenters. The van der Waals surface area contributed by atoms with Crippen LogP contribution >= 0.6 is 46.4 Å². The van der Waals surface area contributed by atoms with Gasteiger partial charge in [0.05, 0.1) is 18.5 Å². The lowest BCUT2D eigenvalue weighted by molar-refractivity contribution is -0.191. The molecule has 2 atom stereocenters. The molecule has 4 aromatic rings. The van der Waals surface area contributed by atoms with E-state index in [-0.39, 0.29) is 65.7 Å². The van der Waals surface area contributed by atoms with E-state index in [9.17, 15) is 24.0 Å². The van der Waals surface area contributed by atoms with E-state index < -0.39 is 17.3 Å². The van der Waals surface area contributed by atoms with Gasteiger partial charge in [0, 0.05) is 55.4 Å². The maximum absolute atomic E-state index is 14.3. The number of carbonyl (C=O) groups excluding carboxylic acids is 6. The smallest absolute Gasteiger partial charge is 0.373 e. The van der Waals surface area contributed by atoms with Crippen molar-refractivity contribution in [3.8, 4) is 0 Å². The van der Waals surface area contributed by atoms with Gasteiger partial charge in [0.15, 0.2) is 0 Å². The molecule has 2 aliphatic heterocycles. The van der Waals surface area contributed by atoms with Gasteiger partial charge in [-0.2, -0.15) is 9.59 Å². The van der Waals surface area contributed by atoms with Crippen LogP contribution in [0.4, 0.5) is 0 Å². The summed E-state index contributed by atoms with van der Waals surface area (Å²) in [4.78, 5) is 94.9. The van der Waals surface area contributed by atoms with Crippen LogP contribution in [0.3, 0.4) is 0 Å². The number of carbonyl (C=O) groups is 5. The molecule has 0 aromatic heterocycles. The molecule has 2 heterocycles. The molecule has 4 amide bonds. The predicted octanol–water partition coefficient (Wildman–Crippen LogP) is 15.0. The number of halogens is 4. The first-order valence-corrected chi connectivity index (χ1v) is 30.7. The molecule has 18 heteroatoms. The fourth-order valence-corrected chi connectivity index (χ4v) is 13.5. The lowest BCUT2D eigenvalue weighted by Crippen LogP contribution is -2.51. The molecule has 4 aromatic carbocycles. The molecule has 2 aliphatic carbocycles. The number of hydrogen-bond acceptors (Lipinski definition) is 9. The Labute approximate surface area is 509 Å². The van der Waals surface area contributed by atoms with Crippen molar-refractivity contribution in [2.24, 2.45) is 32.7 Å². The fraction of sp³-hybridized carbons (Fsp3) is 0.508. The van der Waals surface area contributed by atoms with Gasteiger partial charge in [-0.15, -0.1) is 0 Å². The van der Waals surface area contributed by atoms with E-state index in [0.717, 1.165) is 88.2 Å². The summed E-state index contributed by atoms with van der Waals surface area (Å²) in [6.07, 6.45) is 11.8. The highest BCUT2D eigenvalue weighted by Gasteiger charge is 2.54. The molecule has 0 radical (unpaired) electrons. The third-order valence-electron chi connectivity index (χ3n) is 17.9. The largest absolute Gasteiger partial charge is 0.481 e. The Morgan fingerprint density at radius 3 is 1.20 bits per heavy atom. The first-order valence-electron chi connectivity index (χ1n) is 29.1. The topological polar surface area (TPSA) is 195 Å². The molecule has 0 bridgehead atoms. The summed E-state index contributed by atoms with van der Waals surface area (Å²) >= 11 is 25.3. The minimum atomic E-state index is -0.968. The van der Waals surface area contributed by atoms with Gasteiger partial charge in [-0.05, 0) is 165 Å². The van der Waals surface area contributed by atoms with Gasteiger partial charge < -0.3 is 25.5 Å². The second-order valence-corrected chi connectivity index (χ2v) is 25.4. The van der Waals surface area contributed by atoms with Crippen molar-refractivity contribution in [1.82, 2.24) is 20.4 Å². The Bertz CT molecular complexity index is 3030. The first kappa shape index (κ1) is 66.3. The number of hydrogen-bond donors (Lipinski definition) is 3. The number of benzene rings is 4. The van der Waals surface area contributed by atoms with Crippen LogP contribution in [-0.4, -0.2) is 86.5 Å². The highest BCUT2D eigenvalue weighted by molar-refractivity contribution is 6.48. The van der Waals surface area contributed by atoms with Crippen molar-refractivity contribution >= 4 is 93.6 Å². The molecule has 83 heavy (non-hydrogen) atoms. The third-order valence-corrected chi connectivity index (χ3v) is 18.8. The first-order chi connectivity index (χ1) is 39.4. The Morgan fingerprint density at radius 1 is 0.590 bits per heavy atom. The number of rotatable bonds is 19. The van der Waals surface area contributed by atoms with E-state index in [1.807, 2.05) is 53.1 Å². The maximum atomic E-state index is 14.3. The summed E-state index contributed by atoms with van der Waals surface area (Å²) in [6.45, 7) is 20.7.